The molecule has 0 spiro atoms. The second-order valence-electron chi connectivity index (χ2n) is 6.68. The number of imidazole rings is 1. The second kappa shape index (κ2) is 8.89. The zero-order valence-corrected chi connectivity index (χ0v) is 17.3. The van der Waals surface area contributed by atoms with Gasteiger partial charge in [0.15, 0.2) is 6.61 Å². The largest absolute Gasteiger partial charge is 0.497 e. The standard InChI is InChI=1S/C23H18ClN3O4/c1-30-18-9-2-14(3-10-18)22-26-19-11-4-15(12-20(19)27-22)23(29)31-13-21(28)25-17-7-5-16(24)6-8-17/h2-12H,13H2,1H3,(H,25,28)(H,26,27). The van der Waals surface area contributed by atoms with Crippen LogP contribution in [0.15, 0.2) is 66.7 Å². The molecule has 0 aliphatic carbocycles. The predicted octanol–water partition coefficient (Wildman–Crippen LogP) is 4.69. The first-order valence-electron chi connectivity index (χ1n) is 9.38. The average Bonchev–Trinajstić information content (AvgIpc) is 3.22. The summed E-state index contributed by atoms with van der Waals surface area (Å²) in [7, 11) is 1.61. The van der Waals surface area contributed by atoms with Gasteiger partial charge in [0.1, 0.15) is 11.6 Å². The number of rotatable bonds is 6. The summed E-state index contributed by atoms with van der Waals surface area (Å²) in [6.45, 7) is -0.403. The van der Waals surface area contributed by atoms with E-state index in [4.69, 9.17) is 21.1 Å². The Morgan fingerprint density at radius 1 is 1.03 bits per heavy atom. The van der Waals surface area contributed by atoms with E-state index < -0.39 is 18.5 Å². The number of fused-ring (bicyclic) bond motifs is 1. The van der Waals surface area contributed by atoms with E-state index in [0.717, 1.165) is 11.3 Å². The maximum atomic E-state index is 12.4. The summed E-state index contributed by atoms with van der Waals surface area (Å²) in [5.41, 5.74) is 3.17. The number of hydrogen-bond acceptors (Lipinski definition) is 5. The van der Waals surface area contributed by atoms with Crippen molar-refractivity contribution in [1.82, 2.24) is 9.97 Å². The highest BCUT2D eigenvalue weighted by molar-refractivity contribution is 6.30. The summed E-state index contributed by atoms with van der Waals surface area (Å²) in [6.07, 6.45) is 0. The molecule has 0 bridgehead atoms. The molecule has 0 saturated heterocycles. The Hall–Kier alpha value is -3.84. The molecule has 2 N–H and O–H groups in total. The van der Waals surface area contributed by atoms with E-state index in [1.807, 2.05) is 24.3 Å². The summed E-state index contributed by atoms with van der Waals surface area (Å²) in [6, 6.07) is 19.1. The highest BCUT2D eigenvalue weighted by Gasteiger charge is 2.13. The van der Waals surface area contributed by atoms with Crippen LogP contribution in [-0.2, 0) is 9.53 Å². The van der Waals surface area contributed by atoms with Crippen molar-refractivity contribution in [1.29, 1.82) is 0 Å². The third-order valence-electron chi connectivity index (χ3n) is 4.54. The van der Waals surface area contributed by atoms with Gasteiger partial charge in [-0.3, -0.25) is 4.79 Å². The van der Waals surface area contributed by atoms with Crippen LogP contribution in [-0.4, -0.2) is 35.6 Å². The number of H-pyrrole nitrogens is 1. The molecule has 0 fully saturated rings. The van der Waals surface area contributed by atoms with Gasteiger partial charge in [0, 0.05) is 16.3 Å². The van der Waals surface area contributed by atoms with E-state index >= 15 is 0 Å². The number of carbonyl (C=O) groups is 2. The van der Waals surface area contributed by atoms with Crippen molar-refractivity contribution >= 4 is 40.2 Å². The normalized spacial score (nSPS) is 10.6. The molecule has 1 amide bonds. The number of ether oxygens (including phenoxy) is 2. The van der Waals surface area contributed by atoms with Crippen LogP contribution in [0.25, 0.3) is 22.4 Å². The number of nitrogens with one attached hydrogen (secondary N) is 2. The number of methoxy groups -OCH3 is 1. The van der Waals surface area contributed by atoms with Crippen LogP contribution in [0, 0.1) is 0 Å². The van der Waals surface area contributed by atoms with E-state index in [1.165, 1.54) is 0 Å². The van der Waals surface area contributed by atoms with Crippen LogP contribution in [0.5, 0.6) is 5.75 Å². The lowest BCUT2D eigenvalue weighted by Gasteiger charge is -2.07. The zero-order valence-electron chi connectivity index (χ0n) is 16.5. The van der Waals surface area contributed by atoms with Gasteiger partial charge in [0.2, 0.25) is 0 Å². The van der Waals surface area contributed by atoms with Crippen molar-refractivity contribution in [3.63, 3.8) is 0 Å². The molecular weight excluding hydrogens is 418 g/mol. The van der Waals surface area contributed by atoms with Gasteiger partial charge in [-0.15, -0.1) is 0 Å². The predicted molar refractivity (Wildman–Crippen MR) is 118 cm³/mol. The Morgan fingerprint density at radius 3 is 2.48 bits per heavy atom. The van der Waals surface area contributed by atoms with Crippen molar-refractivity contribution in [2.75, 3.05) is 19.0 Å². The first kappa shape index (κ1) is 20.4. The molecule has 156 valence electrons. The fourth-order valence-corrected chi connectivity index (χ4v) is 3.09. The molecule has 0 aliphatic heterocycles. The minimum Gasteiger partial charge on any atom is -0.497 e. The number of esters is 1. The lowest BCUT2D eigenvalue weighted by atomic mass is 10.2. The minimum atomic E-state index is -0.603. The molecule has 7 nitrogen and oxygen atoms in total. The van der Waals surface area contributed by atoms with Crippen LogP contribution >= 0.6 is 11.6 Å². The SMILES string of the molecule is COc1ccc(-c2nc3ccc(C(=O)OCC(=O)Nc4ccc(Cl)cc4)cc3[nH]2)cc1. The Balaban J connectivity index is 1.41. The molecule has 1 heterocycles. The van der Waals surface area contributed by atoms with Crippen LogP contribution in [0.3, 0.4) is 0 Å². The number of aromatic amines is 1. The van der Waals surface area contributed by atoms with Crippen molar-refractivity contribution in [3.8, 4) is 17.1 Å². The Labute approximate surface area is 183 Å². The number of halogens is 1. The maximum absolute atomic E-state index is 12.4. The van der Waals surface area contributed by atoms with Gasteiger partial charge >= 0.3 is 5.97 Å². The Bertz CT molecular complexity index is 1230. The second-order valence-corrected chi connectivity index (χ2v) is 7.11. The van der Waals surface area contributed by atoms with E-state index in [-0.39, 0.29) is 0 Å². The fourth-order valence-electron chi connectivity index (χ4n) is 2.97. The first-order valence-corrected chi connectivity index (χ1v) is 9.76. The highest BCUT2D eigenvalue weighted by atomic mass is 35.5. The third kappa shape index (κ3) is 4.84. The number of anilines is 1. The number of hydrogen-bond donors (Lipinski definition) is 2. The smallest absolute Gasteiger partial charge is 0.338 e. The van der Waals surface area contributed by atoms with Gasteiger partial charge < -0.3 is 19.8 Å². The number of benzene rings is 3. The summed E-state index contributed by atoms with van der Waals surface area (Å²) >= 11 is 5.81. The average molecular weight is 436 g/mol. The first-order chi connectivity index (χ1) is 15.0. The molecule has 4 rings (SSSR count). The molecule has 0 atom stereocenters. The van der Waals surface area contributed by atoms with E-state index in [2.05, 4.69) is 15.3 Å². The van der Waals surface area contributed by atoms with Crippen LogP contribution < -0.4 is 10.1 Å². The summed E-state index contributed by atoms with van der Waals surface area (Å²) in [5, 5.41) is 3.20. The van der Waals surface area contributed by atoms with Crippen molar-refractivity contribution in [2.45, 2.75) is 0 Å². The molecular formula is C23H18ClN3O4. The molecule has 0 saturated carbocycles. The van der Waals surface area contributed by atoms with Gasteiger partial charge in [0.25, 0.3) is 5.91 Å². The lowest BCUT2D eigenvalue weighted by Crippen LogP contribution is -2.20. The monoisotopic (exact) mass is 435 g/mol. The Kier molecular flexibility index (Phi) is 5.86. The quantitative estimate of drug-likeness (QED) is 0.428. The van der Waals surface area contributed by atoms with Gasteiger partial charge in [-0.05, 0) is 66.7 Å². The number of amides is 1. The fraction of sp³-hybridized carbons (Fsp3) is 0.0870. The molecule has 8 heteroatoms. The van der Waals surface area contributed by atoms with Crippen molar-refractivity contribution in [3.05, 3.63) is 77.3 Å². The Morgan fingerprint density at radius 2 is 1.77 bits per heavy atom. The molecule has 0 aliphatic rings. The van der Waals surface area contributed by atoms with E-state index in [9.17, 15) is 9.59 Å². The molecule has 31 heavy (non-hydrogen) atoms. The maximum Gasteiger partial charge on any atom is 0.338 e. The molecule has 1 aromatic heterocycles. The number of nitrogens with zero attached hydrogens (tertiary/aromatic N) is 1. The van der Waals surface area contributed by atoms with Gasteiger partial charge in [-0.25, -0.2) is 9.78 Å². The number of aromatic nitrogens is 2. The van der Waals surface area contributed by atoms with Crippen LogP contribution in [0.2, 0.25) is 5.02 Å². The van der Waals surface area contributed by atoms with Crippen molar-refractivity contribution < 1.29 is 19.1 Å². The number of carbonyl (C=O) groups excluding carboxylic acids is 2. The minimum absolute atomic E-state index is 0.316. The molecule has 0 radical (unpaired) electrons. The van der Waals surface area contributed by atoms with Crippen molar-refractivity contribution in [2.24, 2.45) is 0 Å². The summed E-state index contributed by atoms with van der Waals surface area (Å²) in [4.78, 5) is 32.1. The van der Waals surface area contributed by atoms with Gasteiger partial charge in [-0.1, -0.05) is 11.6 Å². The molecule has 3 aromatic carbocycles. The zero-order chi connectivity index (χ0) is 21.8. The molecule has 4 aromatic rings. The van der Waals surface area contributed by atoms with E-state index in [1.54, 1.807) is 49.6 Å². The van der Waals surface area contributed by atoms with Gasteiger partial charge in [-0.2, -0.15) is 0 Å². The van der Waals surface area contributed by atoms with Crippen LogP contribution in [0.4, 0.5) is 5.69 Å². The van der Waals surface area contributed by atoms with Gasteiger partial charge in [0.05, 0.1) is 23.7 Å². The third-order valence-corrected chi connectivity index (χ3v) is 4.80. The topological polar surface area (TPSA) is 93.3 Å². The molecule has 0 unspecified atom stereocenters. The summed E-state index contributed by atoms with van der Waals surface area (Å²) < 4.78 is 10.3. The van der Waals surface area contributed by atoms with Crippen LogP contribution in [0.1, 0.15) is 10.4 Å². The summed E-state index contributed by atoms with van der Waals surface area (Å²) in [5.74, 6) is 0.379. The lowest BCUT2D eigenvalue weighted by molar-refractivity contribution is -0.119. The van der Waals surface area contributed by atoms with E-state index in [0.29, 0.717) is 33.1 Å². The highest BCUT2D eigenvalue weighted by Crippen LogP contribution is 2.23.